The van der Waals surface area contributed by atoms with E-state index in [0.717, 1.165) is 73.5 Å². The zero-order valence-electron chi connectivity index (χ0n) is 15.2. The number of ether oxygens (including phenoxy) is 1. The van der Waals surface area contributed by atoms with Crippen molar-refractivity contribution in [3.05, 3.63) is 41.1 Å². The molecular weight excluding hydrogens is 314 g/mol. The van der Waals surface area contributed by atoms with Crippen molar-refractivity contribution in [1.29, 1.82) is 0 Å². The lowest BCUT2D eigenvalue weighted by Crippen LogP contribution is -2.38. The molecule has 0 saturated carbocycles. The van der Waals surface area contributed by atoms with E-state index in [1.165, 1.54) is 0 Å². The molecule has 5 heteroatoms. The molecule has 0 bridgehead atoms. The number of nitrogens with zero attached hydrogens (tertiary/aromatic N) is 2. The molecule has 1 aliphatic heterocycles. The van der Waals surface area contributed by atoms with Gasteiger partial charge in [-0.25, -0.2) is 0 Å². The van der Waals surface area contributed by atoms with Crippen LogP contribution in [-0.2, 0) is 16.0 Å². The molecule has 5 nitrogen and oxygen atoms in total. The molecule has 1 fully saturated rings. The third-order valence-corrected chi connectivity index (χ3v) is 4.90. The predicted octanol–water partition coefficient (Wildman–Crippen LogP) is 2.23. The quantitative estimate of drug-likeness (QED) is 0.819. The monoisotopic (exact) mass is 341 g/mol. The van der Waals surface area contributed by atoms with E-state index in [9.17, 15) is 4.79 Å². The Bertz CT molecular complexity index is 739. The average molecular weight is 341 g/mol. The number of pyridine rings is 1. The lowest BCUT2D eigenvalue weighted by atomic mass is 9.99. The number of hydrogen-bond acceptors (Lipinski definition) is 4. The molecule has 1 aliphatic rings. The third kappa shape index (κ3) is 4.55. The molecule has 2 aromatic rings. The number of aromatic nitrogens is 1. The van der Waals surface area contributed by atoms with E-state index < -0.39 is 0 Å². The Morgan fingerprint density at radius 3 is 2.80 bits per heavy atom. The second-order valence-electron chi connectivity index (χ2n) is 6.65. The fraction of sp³-hybridized carbons (Fsp3) is 0.500. The van der Waals surface area contributed by atoms with Gasteiger partial charge >= 0.3 is 0 Å². The Balaban J connectivity index is 1.53. The van der Waals surface area contributed by atoms with Crippen molar-refractivity contribution < 1.29 is 9.53 Å². The first-order valence-corrected chi connectivity index (χ1v) is 9.07. The van der Waals surface area contributed by atoms with E-state index in [1.54, 1.807) is 0 Å². The summed E-state index contributed by atoms with van der Waals surface area (Å²) in [5, 5.41) is 4.18. The average Bonchev–Trinajstić information content (AvgIpc) is 2.63. The Morgan fingerprint density at radius 1 is 1.24 bits per heavy atom. The Morgan fingerprint density at radius 2 is 2.00 bits per heavy atom. The molecule has 1 saturated heterocycles. The number of rotatable bonds is 6. The Labute approximate surface area is 149 Å². The van der Waals surface area contributed by atoms with Crippen LogP contribution in [0.15, 0.2) is 24.3 Å². The molecule has 0 atom stereocenters. The van der Waals surface area contributed by atoms with Crippen molar-refractivity contribution in [1.82, 2.24) is 15.2 Å². The second kappa shape index (κ2) is 8.41. The van der Waals surface area contributed by atoms with E-state index in [0.29, 0.717) is 6.42 Å². The van der Waals surface area contributed by atoms with Gasteiger partial charge in [0.15, 0.2) is 0 Å². The molecule has 0 radical (unpaired) electrons. The van der Waals surface area contributed by atoms with E-state index in [4.69, 9.17) is 4.74 Å². The van der Waals surface area contributed by atoms with Crippen LogP contribution in [-0.4, -0.2) is 55.2 Å². The van der Waals surface area contributed by atoms with Gasteiger partial charge in [-0.15, -0.1) is 0 Å². The van der Waals surface area contributed by atoms with Crippen LogP contribution in [0.25, 0.3) is 10.9 Å². The number of para-hydroxylation sites is 1. The minimum atomic E-state index is 0.0743. The summed E-state index contributed by atoms with van der Waals surface area (Å²) in [5.41, 5.74) is 4.14. The molecule has 1 aromatic carbocycles. The van der Waals surface area contributed by atoms with Gasteiger partial charge in [0.05, 0.1) is 25.2 Å². The lowest BCUT2D eigenvalue weighted by molar-refractivity contribution is -0.120. The van der Waals surface area contributed by atoms with Crippen LogP contribution in [0.5, 0.6) is 0 Å². The van der Waals surface area contributed by atoms with Crippen LogP contribution < -0.4 is 5.32 Å². The summed E-state index contributed by atoms with van der Waals surface area (Å²) in [6.07, 6.45) is 1.37. The fourth-order valence-electron chi connectivity index (χ4n) is 3.41. The van der Waals surface area contributed by atoms with Gasteiger partial charge in [-0.2, -0.15) is 0 Å². The first-order valence-electron chi connectivity index (χ1n) is 9.07. The predicted molar refractivity (Wildman–Crippen MR) is 99.8 cm³/mol. The highest BCUT2D eigenvalue weighted by atomic mass is 16.5. The van der Waals surface area contributed by atoms with Gasteiger partial charge in [0, 0.05) is 30.7 Å². The van der Waals surface area contributed by atoms with Gasteiger partial charge in [-0.3, -0.25) is 14.7 Å². The maximum atomic E-state index is 12.3. The zero-order chi connectivity index (χ0) is 17.6. The molecule has 25 heavy (non-hydrogen) atoms. The van der Waals surface area contributed by atoms with Gasteiger partial charge < -0.3 is 10.1 Å². The van der Waals surface area contributed by atoms with Gasteiger partial charge in [0.25, 0.3) is 0 Å². The number of hydrogen-bond donors (Lipinski definition) is 1. The van der Waals surface area contributed by atoms with Crippen LogP contribution in [0, 0.1) is 13.8 Å². The molecule has 0 spiro atoms. The maximum Gasteiger partial charge on any atom is 0.224 e. The largest absolute Gasteiger partial charge is 0.379 e. The number of aryl methyl sites for hydroxylation is 2. The van der Waals surface area contributed by atoms with Crippen LogP contribution in [0.1, 0.15) is 23.2 Å². The van der Waals surface area contributed by atoms with Crippen LogP contribution in [0.2, 0.25) is 0 Å². The Kier molecular flexibility index (Phi) is 6.00. The summed E-state index contributed by atoms with van der Waals surface area (Å²) in [4.78, 5) is 19.4. The summed E-state index contributed by atoms with van der Waals surface area (Å²) < 4.78 is 5.35. The van der Waals surface area contributed by atoms with Crippen molar-refractivity contribution in [3.8, 4) is 0 Å². The molecule has 3 rings (SSSR count). The van der Waals surface area contributed by atoms with Crippen molar-refractivity contribution in [2.24, 2.45) is 0 Å². The van der Waals surface area contributed by atoms with Gasteiger partial charge in [0.1, 0.15) is 0 Å². The first-order chi connectivity index (χ1) is 12.1. The number of benzene rings is 1. The van der Waals surface area contributed by atoms with Gasteiger partial charge in [-0.1, -0.05) is 18.2 Å². The second-order valence-corrected chi connectivity index (χ2v) is 6.65. The standard InChI is InChI=1S/C20H27N3O2/c1-15-17-6-3-4-7-19(17)22-16(2)18(15)14-20(24)21-8-5-9-23-10-12-25-13-11-23/h3-4,6-7H,5,8-14H2,1-2H3,(H,21,24). The highest BCUT2D eigenvalue weighted by molar-refractivity contribution is 5.86. The van der Waals surface area contributed by atoms with Crippen molar-refractivity contribution in [2.45, 2.75) is 26.7 Å². The van der Waals surface area contributed by atoms with Crippen molar-refractivity contribution in [2.75, 3.05) is 39.4 Å². The van der Waals surface area contributed by atoms with E-state index in [-0.39, 0.29) is 5.91 Å². The van der Waals surface area contributed by atoms with E-state index >= 15 is 0 Å². The number of amides is 1. The molecule has 134 valence electrons. The number of carbonyl (C=O) groups excluding carboxylic acids is 1. The highest BCUT2D eigenvalue weighted by Gasteiger charge is 2.13. The lowest BCUT2D eigenvalue weighted by Gasteiger charge is -2.26. The van der Waals surface area contributed by atoms with Crippen LogP contribution in [0.4, 0.5) is 0 Å². The molecule has 1 amide bonds. The van der Waals surface area contributed by atoms with E-state index in [2.05, 4.69) is 28.2 Å². The summed E-state index contributed by atoms with van der Waals surface area (Å²) in [7, 11) is 0. The molecule has 2 heterocycles. The summed E-state index contributed by atoms with van der Waals surface area (Å²) >= 11 is 0. The van der Waals surface area contributed by atoms with E-state index in [1.807, 2.05) is 25.1 Å². The smallest absolute Gasteiger partial charge is 0.224 e. The maximum absolute atomic E-state index is 12.3. The number of nitrogens with one attached hydrogen (secondary N) is 1. The first kappa shape index (κ1) is 17.8. The van der Waals surface area contributed by atoms with Crippen LogP contribution >= 0.6 is 0 Å². The highest BCUT2D eigenvalue weighted by Crippen LogP contribution is 2.22. The minimum absolute atomic E-state index is 0.0743. The van der Waals surface area contributed by atoms with Gasteiger partial charge in [0.2, 0.25) is 5.91 Å². The third-order valence-electron chi connectivity index (χ3n) is 4.90. The van der Waals surface area contributed by atoms with Crippen molar-refractivity contribution in [3.63, 3.8) is 0 Å². The molecule has 1 N–H and O–H groups in total. The number of morpholine rings is 1. The van der Waals surface area contributed by atoms with Gasteiger partial charge in [-0.05, 0) is 44.0 Å². The minimum Gasteiger partial charge on any atom is -0.379 e. The topological polar surface area (TPSA) is 54.5 Å². The number of carbonyl (C=O) groups is 1. The molecule has 0 aliphatic carbocycles. The zero-order valence-corrected chi connectivity index (χ0v) is 15.2. The molecular formula is C20H27N3O2. The number of fused-ring (bicyclic) bond motifs is 1. The normalized spacial score (nSPS) is 15.4. The summed E-state index contributed by atoms with van der Waals surface area (Å²) in [6.45, 7) is 9.43. The molecule has 1 aromatic heterocycles. The summed E-state index contributed by atoms with van der Waals surface area (Å²) in [5.74, 6) is 0.0743. The summed E-state index contributed by atoms with van der Waals surface area (Å²) in [6, 6.07) is 8.10. The van der Waals surface area contributed by atoms with Crippen LogP contribution in [0.3, 0.4) is 0 Å². The molecule has 0 unspecified atom stereocenters. The van der Waals surface area contributed by atoms with Crippen molar-refractivity contribution >= 4 is 16.8 Å². The Hall–Kier alpha value is -1.98. The fourth-order valence-corrected chi connectivity index (χ4v) is 3.41. The SMILES string of the molecule is Cc1nc2ccccc2c(C)c1CC(=O)NCCCN1CCOCC1.